The van der Waals surface area contributed by atoms with Gasteiger partial charge < -0.3 is 14.8 Å². The Balaban J connectivity index is 1.71. The lowest BCUT2D eigenvalue weighted by atomic mass is 10.1. The number of para-hydroxylation sites is 1. The van der Waals surface area contributed by atoms with Crippen molar-refractivity contribution in [3.05, 3.63) is 92.5 Å². The van der Waals surface area contributed by atoms with E-state index in [2.05, 4.69) is 15.8 Å². The van der Waals surface area contributed by atoms with Crippen LogP contribution in [0, 0.1) is 17.0 Å². The highest BCUT2D eigenvalue weighted by atomic mass is 35.5. The number of halogens is 1. The molecule has 0 saturated heterocycles. The minimum Gasteiger partial charge on any atom is -0.493 e. The Morgan fingerprint density at radius 3 is 2.43 bits per heavy atom. The highest BCUT2D eigenvalue weighted by Crippen LogP contribution is 2.30. The van der Waals surface area contributed by atoms with E-state index in [-0.39, 0.29) is 17.1 Å². The number of carbonyl (C=O) groups is 3. The molecule has 0 atom stereocenters. The number of nitro groups is 1. The minimum atomic E-state index is -0.999. The van der Waals surface area contributed by atoms with Crippen molar-refractivity contribution in [2.24, 2.45) is 5.10 Å². The molecule has 3 aromatic rings. The second-order valence-corrected chi connectivity index (χ2v) is 7.94. The number of rotatable bonds is 7. The first-order valence-corrected chi connectivity index (χ1v) is 11.0. The summed E-state index contributed by atoms with van der Waals surface area (Å²) in [5, 5.41) is 18.0. The zero-order valence-corrected chi connectivity index (χ0v) is 20.7. The summed E-state index contributed by atoms with van der Waals surface area (Å²) < 4.78 is 10.6. The maximum Gasteiger partial charge on any atom is 0.350 e. The van der Waals surface area contributed by atoms with Gasteiger partial charge in [-0.25, -0.2) is 10.2 Å². The van der Waals surface area contributed by atoms with Crippen LogP contribution in [0.2, 0.25) is 5.02 Å². The number of nitrogens with zero attached hydrogens (tertiary/aromatic N) is 2. The molecular formula is C25H21ClN4O7. The molecule has 2 N–H and O–H groups in total. The fourth-order valence-electron chi connectivity index (χ4n) is 3.11. The molecule has 11 nitrogen and oxygen atoms in total. The number of ether oxygens (including phenoxy) is 2. The van der Waals surface area contributed by atoms with Gasteiger partial charge in [-0.3, -0.25) is 19.7 Å². The van der Waals surface area contributed by atoms with Crippen molar-refractivity contribution in [1.82, 2.24) is 5.43 Å². The molecular weight excluding hydrogens is 504 g/mol. The number of nitrogens with one attached hydrogen (secondary N) is 2. The molecule has 0 aliphatic heterocycles. The van der Waals surface area contributed by atoms with Crippen LogP contribution >= 0.6 is 11.6 Å². The number of hydrogen-bond donors (Lipinski definition) is 2. The van der Waals surface area contributed by atoms with Gasteiger partial charge in [0, 0.05) is 22.3 Å². The Kier molecular flexibility index (Phi) is 8.54. The molecule has 190 valence electrons. The van der Waals surface area contributed by atoms with Gasteiger partial charge in [-0.1, -0.05) is 29.8 Å². The van der Waals surface area contributed by atoms with Crippen LogP contribution in [0.4, 0.5) is 11.4 Å². The summed E-state index contributed by atoms with van der Waals surface area (Å²) in [7, 11) is 1.35. The van der Waals surface area contributed by atoms with Crippen LogP contribution in [0.5, 0.6) is 11.5 Å². The number of benzene rings is 3. The zero-order valence-electron chi connectivity index (χ0n) is 19.9. The molecule has 0 spiro atoms. The highest BCUT2D eigenvalue weighted by Gasteiger charge is 2.22. The van der Waals surface area contributed by atoms with Crippen molar-refractivity contribution in [2.45, 2.75) is 13.8 Å². The second-order valence-electron chi connectivity index (χ2n) is 7.53. The fraction of sp³-hybridized carbons (Fsp3) is 0.120. The maximum atomic E-state index is 12.5. The molecule has 12 heteroatoms. The molecule has 0 aliphatic rings. The lowest BCUT2D eigenvalue weighted by molar-refractivity contribution is -0.385. The van der Waals surface area contributed by atoms with E-state index >= 15 is 0 Å². The first-order valence-electron chi connectivity index (χ1n) is 10.7. The molecule has 0 fully saturated rings. The average molecular weight is 525 g/mol. The molecule has 0 bridgehead atoms. The number of methoxy groups -OCH3 is 1. The summed E-state index contributed by atoms with van der Waals surface area (Å²) >= 11 is 6.02. The second kappa shape index (κ2) is 11.8. The van der Waals surface area contributed by atoms with Gasteiger partial charge in [-0.15, -0.1) is 0 Å². The molecule has 2 amide bonds. The van der Waals surface area contributed by atoms with Gasteiger partial charge in [0.1, 0.15) is 5.56 Å². The maximum absolute atomic E-state index is 12.5. The third kappa shape index (κ3) is 6.47. The summed E-state index contributed by atoms with van der Waals surface area (Å²) in [6.07, 6.45) is 0. The summed E-state index contributed by atoms with van der Waals surface area (Å²) in [4.78, 5) is 47.5. The van der Waals surface area contributed by atoms with Crippen LogP contribution in [0.25, 0.3) is 0 Å². The van der Waals surface area contributed by atoms with E-state index in [1.807, 2.05) is 0 Å². The number of amides is 2. The third-order valence-electron chi connectivity index (χ3n) is 5.15. The van der Waals surface area contributed by atoms with Gasteiger partial charge in [-0.2, -0.15) is 5.10 Å². The van der Waals surface area contributed by atoms with Crippen LogP contribution in [-0.2, 0) is 9.59 Å². The quantitative estimate of drug-likeness (QED) is 0.117. The van der Waals surface area contributed by atoms with Crippen molar-refractivity contribution in [3.63, 3.8) is 0 Å². The third-order valence-corrected chi connectivity index (χ3v) is 5.56. The molecule has 3 rings (SSSR count). The van der Waals surface area contributed by atoms with E-state index < -0.39 is 28.4 Å². The van der Waals surface area contributed by atoms with Gasteiger partial charge in [0.05, 0.1) is 17.7 Å². The first kappa shape index (κ1) is 26.8. The summed E-state index contributed by atoms with van der Waals surface area (Å²) in [5.74, 6) is -2.71. The van der Waals surface area contributed by atoms with Gasteiger partial charge in [0.2, 0.25) is 0 Å². The van der Waals surface area contributed by atoms with Crippen molar-refractivity contribution >= 4 is 46.5 Å². The number of esters is 1. The number of hydrazone groups is 1. The molecule has 37 heavy (non-hydrogen) atoms. The van der Waals surface area contributed by atoms with Crippen LogP contribution in [0.15, 0.2) is 65.8 Å². The van der Waals surface area contributed by atoms with Gasteiger partial charge in [0.25, 0.3) is 5.69 Å². The van der Waals surface area contributed by atoms with E-state index in [0.717, 1.165) is 0 Å². The highest BCUT2D eigenvalue weighted by molar-refractivity contribution is 6.40. The molecule has 0 heterocycles. The van der Waals surface area contributed by atoms with E-state index in [0.29, 0.717) is 27.5 Å². The average Bonchev–Trinajstić information content (AvgIpc) is 2.89. The van der Waals surface area contributed by atoms with Gasteiger partial charge >= 0.3 is 17.8 Å². The number of hydrogen-bond acceptors (Lipinski definition) is 8. The Hall–Kier alpha value is -4.77. The summed E-state index contributed by atoms with van der Waals surface area (Å²) in [6.45, 7) is 3.28. The number of anilines is 1. The molecule has 3 aromatic carbocycles. The van der Waals surface area contributed by atoms with Crippen LogP contribution < -0.4 is 20.2 Å². The monoisotopic (exact) mass is 524 g/mol. The molecule has 0 aliphatic carbocycles. The lowest BCUT2D eigenvalue weighted by Crippen LogP contribution is -2.33. The van der Waals surface area contributed by atoms with E-state index in [1.165, 1.54) is 49.6 Å². The van der Waals surface area contributed by atoms with Crippen molar-refractivity contribution in [3.8, 4) is 11.5 Å². The predicted molar refractivity (Wildman–Crippen MR) is 136 cm³/mol. The SMILES string of the molecule is COc1cc(/C(C)=N/NC(=O)C(=O)Nc2cccc(Cl)c2C)ccc1OC(=O)c1ccccc1[N+](=O)[O-]. The largest absolute Gasteiger partial charge is 0.493 e. The van der Waals surface area contributed by atoms with Crippen molar-refractivity contribution < 1.29 is 28.8 Å². The van der Waals surface area contributed by atoms with E-state index in [1.54, 1.807) is 32.0 Å². The fourth-order valence-corrected chi connectivity index (χ4v) is 3.28. The number of nitro benzene ring substituents is 1. The molecule has 0 aromatic heterocycles. The van der Waals surface area contributed by atoms with Crippen molar-refractivity contribution in [1.29, 1.82) is 0 Å². The lowest BCUT2D eigenvalue weighted by Gasteiger charge is -2.11. The predicted octanol–water partition coefficient (Wildman–Crippen LogP) is 4.26. The zero-order chi connectivity index (χ0) is 27.1. The molecule has 0 radical (unpaired) electrons. The Morgan fingerprint density at radius 1 is 1.00 bits per heavy atom. The van der Waals surface area contributed by atoms with Gasteiger partial charge in [-0.05, 0) is 55.8 Å². The Morgan fingerprint density at radius 2 is 1.73 bits per heavy atom. The van der Waals surface area contributed by atoms with Gasteiger partial charge in [0.15, 0.2) is 11.5 Å². The van der Waals surface area contributed by atoms with E-state index in [9.17, 15) is 24.5 Å². The van der Waals surface area contributed by atoms with Crippen LogP contribution in [0.1, 0.15) is 28.4 Å². The standard InChI is InChI=1S/C25H21ClN4O7/c1-14-18(26)8-6-9-19(14)27-23(31)24(32)29-28-15(2)16-11-12-21(22(13-16)36-3)37-25(33)17-7-4-5-10-20(17)30(34)35/h4-13H,1-3H3,(H,27,31)(H,29,32)/b28-15+. The van der Waals surface area contributed by atoms with E-state index in [4.69, 9.17) is 21.1 Å². The Bertz CT molecular complexity index is 1420. The molecule has 0 saturated carbocycles. The topological polar surface area (TPSA) is 149 Å². The summed E-state index contributed by atoms with van der Waals surface area (Å²) in [5.41, 5.74) is 3.36. The minimum absolute atomic E-state index is 0.0162. The normalized spacial score (nSPS) is 10.9. The molecule has 0 unspecified atom stereocenters. The number of carbonyl (C=O) groups excluding carboxylic acids is 3. The van der Waals surface area contributed by atoms with Crippen molar-refractivity contribution in [2.75, 3.05) is 12.4 Å². The Labute approximate surface area is 216 Å². The summed E-state index contributed by atoms with van der Waals surface area (Å²) in [6, 6.07) is 14.7. The first-order chi connectivity index (χ1) is 17.6. The van der Waals surface area contributed by atoms with Crippen LogP contribution in [-0.4, -0.2) is 35.5 Å². The van der Waals surface area contributed by atoms with Crippen LogP contribution in [0.3, 0.4) is 0 Å². The smallest absolute Gasteiger partial charge is 0.350 e.